The van der Waals surface area contributed by atoms with Gasteiger partial charge >= 0.3 is 0 Å². The molecule has 6 heteroatoms. The van der Waals surface area contributed by atoms with E-state index in [4.69, 9.17) is 0 Å². The third-order valence-electron chi connectivity index (χ3n) is 4.06. The van der Waals surface area contributed by atoms with Gasteiger partial charge in [-0.2, -0.15) is 0 Å². The van der Waals surface area contributed by atoms with E-state index >= 15 is 0 Å². The van der Waals surface area contributed by atoms with Gasteiger partial charge in [0.05, 0.1) is 22.3 Å². The van der Waals surface area contributed by atoms with Gasteiger partial charge in [0.1, 0.15) is 0 Å². The monoisotopic (exact) mass is 395 g/mol. The second-order valence-electron chi connectivity index (χ2n) is 7.98. The highest BCUT2D eigenvalue weighted by Crippen LogP contribution is 2.23. The van der Waals surface area contributed by atoms with Gasteiger partial charge in [-0.25, -0.2) is 4.98 Å². The van der Waals surface area contributed by atoms with Crippen LogP contribution < -0.4 is 10.9 Å². The summed E-state index contributed by atoms with van der Waals surface area (Å²) in [5.74, 6) is 0.0965. The topological polar surface area (TPSA) is 64.0 Å². The lowest BCUT2D eigenvalue weighted by molar-refractivity contribution is -0.119. The SMILES string of the molecule is Cc1cc(C)cc(-n2c(SCC(=O)NC(C)(C)C)nc3ccccc3c2=O)c1. The van der Waals surface area contributed by atoms with Gasteiger partial charge in [-0.1, -0.05) is 30.0 Å². The maximum atomic E-state index is 13.3. The second-order valence-corrected chi connectivity index (χ2v) is 8.93. The zero-order valence-corrected chi connectivity index (χ0v) is 17.7. The van der Waals surface area contributed by atoms with Crippen LogP contribution in [0.5, 0.6) is 0 Å². The molecule has 0 unspecified atom stereocenters. The second kappa shape index (κ2) is 7.80. The number of aromatic nitrogens is 2. The molecule has 0 saturated carbocycles. The molecule has 146 valence electrons. The van der Waals surface area contributed by atoms with Gasteiger partial charge in [0.2, 0.25) is 5.91 Å². The first kappa shape index (κ1) is 20.1. The predicted octanol–water partition coefficient (Wildman–Crippen LogP) is 4.01. The summed E-state index contributed by atoms with van der Waals surface area (Å²) in [6, 6.07) is 13.3. The summed E-state index contributed by atoms with van der Waals surface area (Å²) in [6.07, 6.45) is 0. The Hall–Kier alpha value is -2.60. The third kappa shape index (κ3) is 4.62. The Kier molecular flexibility index (Phi) is 5.61. The maximum Gasteiger partial charge on any atom is 0.266 e. The van der Waals surface area contributed by atoms with E-state index in [2.05, 4.69) is 16.4 Å². The molecule has 1 heterocycles. The number of hydrogen-bond donors (Lipinski definition) is 1. The van der Waals surface area contributed by atoms with E-state index in [1.54, 1.807) is 10.6 Å². The predicted molar refractivity (Wildman–Crippen MR) is 115 cm³/mol. The molecule has 0 radical (unpaired) electrons. The Morgan fingerprint density at radius 3 is 2.39 bits per heavy atom. The molecular weight excluding hydrogens is 370 g/mol. The first-order valence-corrected chi connectivity index (χ1v) is 10.2. The number of rotatable bonds is 4. The molecule has 2 aromatic carbocycles. The van der Waals surface area contributed by atoms with Crippen molar-refractivity contribution in [3.63, 3.8) is 0 Å². The minimum absolute atomic E-state index is 0.0909. The summed E-state index contributed by atoms with van der Waals surface area (Å²) < 4.78 is 1.61. The van der Waals surface area contributed by atoms with Crippen molar-refractivity contribution in [2.24, 2.45) is 0 Å². The van der Waals surface area contributed by atoms with Crippen LogP contribution in [0.4, 0.5) is 0 Å². The molecule has 0 aliphatic heterocycles. The Labute approximate surface area is 169 Å². The van der Waals surface area contributed by atoms with Gasteiger partial charge in [0.15, 0.2) is 5.16 Å². The lowest BCUT2D eigenvalue weighted by Crippen LogP contribution is -2.41. The highest BCUT2D eigenvalue weighted by atomic mass is 32.2. The van der Waals surface area contributed by atoms with Gasteiger partial charge in [0, 0.05) is 5.54 Å². The van der Waals surface area contributed by atoms with E-state index < -0.39 is 0 Å². The van der Waals surface area contributed by atoms with Crippen molar-refractivity contribution < 1.29 is 4.79 Å². The van der Waals surface area contributed by atoms with Gasteiger partial charge < -0.3 is 5.32 Å². The fourth-order valence-corrected chi connectivity index (χ4v) is 3.91. The van der Waals surface area contributed by atoms with Gasteiger partial charge in [0.25, 0.3) is 5.56 Å². The molecule has 5 nitrogen and oxygen atoms in total. The molecule has 0 fully saturated rings. The summed E-state index contributed by atoms with van der Waals surface area (Å²) in [7, 11) is 0. The standard InChI is InChI=1S/C22H25N3O2S/c1-14-10-15(2)12-16(11-14)25-20(27)17-8-6-7-9-18(17)23-21(25)28-13-19(26)24-22(3,4)5/h6-12H,13H2,1-5H3,(H,24,26). The Bertz CT molecular complexity index is 1080. The molecule has 0 spiro atoms. The highest BCUT2D eigenvalue weighted by Gasteiger charge is 2.17. The van der Waals surface area contributed by atoms with E-state index in [1.165, 1.54) is 11.8 Å². The van der Waals surface area contributed by atoms with E-state index in [0.29, 0.717) is 16.1 Å². The van der Waals surface area contributed by atoms with Gasteiger partial charge in [-0.15, -0.1) is 0 Å². The number of aryl methyl sites for hydroxylation is 2. The number of thioether (sulfide) groups is 1. The minimum Gasteiger partial charge on any atom is -0.351 e. The molecule has 0 aliphatic rings. The molecule has 1 amide bonds. The summed E-state index contributed by atoms with van der Waals surface area (Å²) in [4.78, 5) is 30.2. The van der Waals surface area contributed by atoms with Crippen LogP contribution >= 0.6 is 11.8 Å². The van der Waals surface area contributed by atoms with E-state index in [9.17, 15) is 9.59 Å². The molecule has 3 rings (SSSR count). The number of amides is 1. The Morgan fingerprint density at radius 2 is 1.75 bits per heavy atom. The van der Waals surface area contributed by atoms with Crippen molar-refractivity contribution in [3.8, 4) is 5.69 Å². The molecule has 0 saturated heterocycles. The van der Waals surface area contributed by atoms with Crippen molar-refractivity contribution >= 4 is 28.6 Å². The van der Waals surface area contributed by atoms with Crippen LogP contribution in [-0.4, -0.2) is 26.8 Å². The molecule has 0 atom stereocenters. The number of benzene rings is 2. The largest absolute Gasteiger partial charge is 0.351 e. The van der Waals surface area contributed by atoms with Crippen molar-refractivity contribution in [3.05, 3.63) is 63.9 Å². The summed E-state index contributed by atoms with van der Waals surface area (Å²) >= 11 is 1.27. The first-order valence-electron chi connectivity index (χ1n) is 9.18. The average molecular weight is 396 g/mol. The summed E-state index contributed by atoms with van der Waals surface area (Å²) in [5.41, 5.74) is 3.09. The molecule has 28 heavy (non-hydrogen) atoms. The third-order valence-corrected chi connectivity index (χ3v) is 4.99. The van der Waals surface area contributed by atoms with Gasteiger partial charge in [-0.05, 0) is 70.0 Å². The normalized spacial score (nSPS) is 11.6. The number of nitrogens with zero attached hydrogens (tertiary/aromatic N) is 2. The van der Waals surface area contributed by atoms with E-state index in [0.717, 1.165) is 16.8 Å². The Balaban J connectivity index is 2.09. The minimum atomic E-state index is -0.304. The lowest BCUT2D eigenvalue weighted by atomic mass is 10.1. The van der Waals surface area contributed by atoms with Crippen molar-refractivity contribution in [1.29, 1.82) is 0 Å². The van der Waals surface area contributed by atoms with Crippen LogP contribution in [0.15, 0.2) is 52.4 Å². The number of carbonyl (C=O) groups excluding carboxylic acids is 1. The Morgan fingerprint density at radius 1 is 1.11 bits per heavy atom. The first-order chi connectivity index (χ1) is 13.1. The molecule has 1 aromatic heterocycles. The van der Waals surface area contributed by atoms with E-state index in [1.807, 2.05) is 65.0 Å². The number of nitrogens with one attached hydrogen (secondary N) is 1. The van der Waals surface area contributed by atoms with Crippen molar-refractivity contribution in [2.75, 3.05) is 5.75 Å². The maximum absolute atomic E-state index is 13.3. The van der Waals surface area contributed by atoms with Crippen LogP contribution in [0.25, 0.3) is 16.6 Å². The van der Waals surface area contributed by atoms with E-state index in [-0.39, 0.29) is 22.8 Å². The lowest BCUT2D eigenvalue weighted by Gasteiger charge is -2.20. The number of carbonyl (C=O) groups is 1. The smallest absolute Gasteiger partial charge is 0.266 e. The molecule has 1 N–H and O–H groups in total. The van der Waals surface area contributed by atoms with Crippen LogP contribution in [0.2, 0.25) is 0 Å². The molecule has 0 aliphatic carbocycles. The van der Waals surface area contributed by atoms with Crippen molar-refractivity contribution in [1.82, 2.24) is 14.9 Å². The van der Waals surface area contributed by atoms with Crippen LogP contribution in [0, 0.1) is 13.8 Å². The van der Waals surface area contributed by atoms with Crippen LogP contribution in [0.3, 0.4) is 0 Å². The molecule has 3 aromatic rings. The fourth-order valence-electron chi connectivity index (χ4n) is 3.10. The quantitative estimate of drug-likeness (QED) is 0.535. The van der Waals surface area contributed by atoms with Gasteiger partial charge in [-0.3, -0.25) is 14.2 Å². The number of hydrogen-bond acceptors (Lipinski definition) is 4. The zero-order chi connectivity index (χ0) is 20.5. The highest BCUT2D eigenvalue weighted by molar-refractivity contribution is 7.99. The van der Waals surface area contributed by atoms with Crippen molar-refractivity contribution in [2.45, 2.75) is 45.3 Å². The summed E-state index contributed by atoms with van der Waals surface area (Å²) in [6.45, 7) is 9.82. The molecule has 0 bridgehead atoms. The number of fused-ring (bicyclic) bond motifs is 1. The summed E-state index contributed by atoms with van der Waals surface area (Å²) in [5, 5.41) is 4.02. The van der Waals surface area contributed by atoms with Crippen LogP contribution in [0.1, 0.15) is 31.9 Å². The number of para-hydroxylation sites is 1. The molecular formula is C22H25N3O2S. The average Bonchev–Trinajstić information content (AvgIpc) is 2.57. The zero-order valence-electron chi connectivity index (χ0n) is 16.9. The fraction of sp³-hybridized carbons (Fsp3) is 0.318. The van der Waals surface area contributed by atoms with Crippen LogP contribution in [-0.2, 0) is 4.79 Å².